The van der Waals surface area contributed by atoms with E-state index in [2.05, 4.69) is 25.3 Å². The molecule has 0 aliphatic heterocycles. The van der Waals surface area contributed by atoms with Crippen LogP contribution in [-0.2, 0) is 4.74 Å². The molecule has 0 fully saturated rings. The lowest BCUT2D eigenvalue weighted by Crippen LogP contribution is -2.34. The number of ether oxygens (including phenoxy) is 1. The summed E-state index contributed by atoms with van der Waals surface area (Å²) in [5.74, 6) is 0. The van der Waals surface area contributed by atoms with Crippen molar-refractivity contribution in [3.8, 4) is 0 Å². The van der Waals surface area contributed by atoms with Gasteiger partial charge >= 0.3 is 0 Å². The molecule has 0 saturated heterocycles. The first kappa shape index (κ1) is 13.6. The van der Waals surface area contributed by atoms with Gasteiger partial charge in [0.25, 0.3) is 0 Å². The van der Waals surface area contributed by atoms with E-state index in [1.54, 1.807) is 0 Å². The molecule has 0 saturated carbocycles. The van der Waals surface area contributed by atoms with Crippen LogP contribution in [0.3, 0.4) is 0 Å². The summed E-state index contributed by atoms with van der Waals surface area (Å²) in [6, 6.07) is 0. The zero-order valence-corrected chi connectivity index (χ0v) is 9.62. The van der Waals surface area contributed by atoms with Crippen molar-refractivity contribution in [2.75, 3.05) is 32.8 Å². The minimum Gasteiger partial charge on any atom is -0.389 e. The summed E-state index contributed by atoms with van der Waals surface area (Å²) >= 11 is 0. The zero-order chi connectivity index (χ0) is 11.0. The first-order valence-corrected chi connectivity index (χ1v) is 5.22. The quantitative estimate of drug-likeness (QED) is 0.601. The molecule has 1 atom stereocenters. The lowest BCUT2D eigenvalue weighted by Gasteiger charge is -2.21. The molecule has 0 aliphatic carbocycles. The first-order valence-electron chi connectivity index (χ1n) is 5.22. The Balaban J connectivity index is 3.53. The second-order valence-electron chi connectivity index (χ2n) is 3.61. The fourth-order valence-corrected chi connectivity index (χ4v) is 1.20. The van der Waals surface area contributed by atoms with Crippen molar-refractivity contribution in [2.45, 2.75) is 26.9 Å². The van der Waals surface area contributed by atoms with Gasteiger partial charge < -0.3 is 14.7 Å². The van der Waals surface area contributed by atoms with Crippen LogP contribution in [0.15, 0.2) is 12.2 Å². The van der Waals surface area contributed by atoms with Crippen LogP contribution >= 0.6 is 0 Å². The number of rotatable bonds is 8. The first-order chi connectivity index (χ1) is 6.60. The highest BCUT2D eigenvalue weighted by atomic mass is 16.5. The molecule has 3 heteroatoms. The van der Waals surface area contributed by atoms with Crippen molar-refractivity contribution in [3.05, 3.63) is 12.2 Å². The van der Waals surface area contributed by atoms with E-state index in [1.165, 1.54) is 0 Å². The Bertz CT molecular complexity index is 155. The van der Waals surface area contributed by atoms with Gasteiger partial charge in [-0.3, -0.25) is 0 Å². The monoisotopic (exact) mass is 201 g/mol. The Morgan fingerprint density at radius 3 is 2.43 bits per heavy atom. The third kappa shape index (κ3) is 7.06. The Hall–Kier alpha value is -0.380. The summed E-state index contributed by atoms with van der Waals surface area (Å²) in [7, 11) is 0. The summed E-state index contributed by atoms with van der Waals surface area (Å²) in [5, 5.41) is 9.60. The Labute approximate surface area is 87.4 Å². The van der Waals surface area contributed by atoms with Crippen LogP contribution in [0.5, 0.6) is 0 Å². The van der Waals surface area contributed by atoms with Crippen molar-refractivity contribution in [1.29, 1.82) is 0 Å². The summed E-state index contributed by atoms with van der Waals surface area (Å²) in [4.78, 5) is 2.18. The third-order valence-corrected chi connectivity index (χ3v) is 2.02. The van der Waals surface area contributed by atoms with Gasteiger partial charge in [-0.15, -0.1) is 0 Å². The average molecular weight is 201 g/mol. The molecule has 0 bridgehead atoms. The second kappa shape index (κ2) is 7.97. The Kier molecular flexibility index (Phi) is 7.76. The number of hydrogen-bond acceptors (Lipinski definition) is 3. The molecule has 0 aromatic heterocycles. The Morgan fingerprint density at radius 2 is 2.00 bits per heavy atom. The molecule has 1 unspecified atom stereocenters. The van der Waals surface area contributed by atoms with Crippen LogP contribution in [0.4, 0.5) is 0 Å². The number of aliphatic hydroxyl groups excluding tert-OH is 1. The lowest BCUT2D eigenvalue weighted by molar-refractivity contribution is 0.0262. The van der Waals surface area contributed by atoms with E-state index in [0.717, 1.165) is 18.7 Å². The number of hydrogen-bond donors (Lipinski definition) is 1. The van der Waals surface area contributed by atoms with Gasteiger partial charge in [-0.1, -0.05) is 26.0 Å². The van der Waals surface area contributed by atoms with E-state index in [1.807, 2.05) is 6.92 Å². The van der Waals surface area contributed by atoms with Crippen molar-refractivity contribution in [2.24, 2.45) is 0 Å². The maximum absolute atomic E-state index is 9.60. The highest BCUT2D eigenvalue weighted by Gasteiger charge is 2.08. The van der Waals surface area contributed by atoms with E-state index in [9.17, 15) is 5.11 Å². The van der Waals surface area contributed by atoms with E-state index in [-0.39, 0.29) is 0 Å². The highest BCUT2D eigenvalue weighted by molar-refractivity contribution is 4.87. The molecule has 0 aliphatic rings. The van der Waals surface area contributed by atoms with Gasteiger partial charge in [0.15, 0.2) is 0 Å². The minimum absolute atomic E-state index is 0.392. The predicted octanol–water partition coefficient (Wildman–Crippen LogP) is 1.28. The molecule has 84 valence electrons. The highest BCUT2D eigenvalue weighted by Crippen LogP contribution is 1.95. The summed E-state index contributed by atoms with van der Waals surface area (Å²) in [5.41, 5.74) is 0.986. The van der Waals surface area contributed by atoms with Crippen LogP contribution in [-0.4, -0.2) is 49.0 Å². The zero-order valence-electron chi connectivity index (χ0n) is 9.62. The second-order valence-corrected chi connectivity index (χ2v) is 3.61. The van der Waals surface area contributed by atoms with E-state index in [4.69, 9.17) is 4.74 Å². The maximum atomic E-state index is 9.60. The molecule has 1 N–H and O–H groups in total. The van der Waals surface area contributed by atoms with Crippen LogP contribution in [0.25, 0.3) is 0 Å². The van der Waals surface area contributed by atoms with Crippen molar-refractivity contribution < 1.29 is 9.84 Å². The predicted molar refractivity (Wildman–Crippen MR) is 59.4 cm³/mol. The topological polar surface area (TPSA) is 32.7 Å². The SMILES string of the molecule is C=C(C)COCC(O)CN(CC)CC. The van der Waals surface area contributed by atoms with Gasteiger partial charge in [-0.05, 0) is 20.0 Å². The molecule has 0 rings (SSSR count). The fraction of sp³-hybridized carbons (Fsp3) is 0.818. The average Bonchev–Trinajstić information content (AvgIpc) is 2.13. The summed E-state index contributed by atoms with van der Waals surface area (Å²) in [6.45, 7) is 13.4. The molecule has 0 aromatic rings. The van der Waals surface area contributed by atoms with Gasteiger partial charge in [0.1, 0.15) is 0 Å². The minimum atomic E-state index is -0.394. The molecule has 3 nitrogen and oxygen atoms in total. The van der Waals surface area contributed by atoms with Crippen LogP contribution in [0.2, 0.25) is 0 Å². The number of likely N-dealkylation sites (N-methyl/N-ethyl adjacent to an activating group) is 1. The number of aliphatic hydroxyl groups is 1. The molecular weight excluding hydrogens is 178 g/mol. The van der Waals surface area contributed by atoms with Gasteiger partial charge in [0, 0.05) is 6.54 Å². The Morgan fingerprint density at radius 1 is 1.43 bits per heavy atom. The molecule has 0 spiro atoms. The smallest absolute Gasteiger partial charge is 0.0900 e. The molecule has 0 radical (unpaired) electrons. The van der Waals surface area contributed by atoms with E-state index in [0.29, 0.717) is 19.8 Å². The van der Waals surface area contributed by atoms with Crippen molar-refractivity contribution >= 4 is 0 Å². The van der Waals surface area contributed by atoms with Gasteiger partial charge in [-0.25, -0.2) is 0 Å². The third-order valence-electron chi connectivity index (χ3n) is 2.02. The molecule has 0 heterocycles. The van der Waals surface area contributed by atoms with Gasteiger partial charge in [0.05, 0.1) is 19.3 Å². The lowest BCUT2D eigenvalue weighted by atomic mass is 10.3. The molecule has 14 heavy (non-hydrogen) atoms. The molecular formula is C11H23NO2. The number of nitrogens with zero attached hydrogens (tertiary/aromatic N) is 1. The fourth-order valence-electron chi connectivity index (χ4n) is 1.20. The summed E-state index contributed by atoms with van der Waals surface area (Å²) < 4.78 is 5.27. The van der Waals surface area contributed by atoms with Gasteiger partial charge in [-0.2, -0.15) is 0 Å². The normalized spacial score (nSPS) is 13.2. The van der Waals surface area contributed by atoms with Crippen molar-refractivity contribution in [1.82, 2.24) is 4.90 Å². The van der Waals surface area contributed by atoms with Gasteiger partial charge in [0.2, 0.25) is 0 Å². The molecule has 0 amide bonds. The molecule has 0 aromatic carbocycles. The maximum Gasteiger partial charge on any atom is 0.0900 e. The largest absolute Gasteiger partial charge is 0.389 e. The standard InChI is InChI=1S/C11H23NO2/c1-5-12(6-2)7-11(13)9-14-8-10(3)4/h11,13H,3,5-9H2,1-2,4H3. The van der Waals surface area contributed by atoms with Crippen LogP contribution in [0, 0.1) is 0 Å². The van der Waals surface area contributed by atoms with Crippen LogP contribution < -0.4 is 0 Å². The van der Waals surface area contributed by atoms with Crippen LogP contribution in [0.1, 0.15) is 20.8 Å². The summed E-state index contributed by atoms with van der Waals surface area (Å²) in [6.07, 6.45) is -0.394. The van der Waals surface area contributed by atoms with E-state index >= 15 is 0 Å². The van der Waals surface area contributed by atoms with E-state index < -0.39 is 6.10 Å². The van der Waals surface area contributed by atoms with Crippen molar-refractivity contribution in [3.63, 3.8) is 0 Å².